The Morgan fingerprint density at radius 1 is 1.34 bits per heavy atom. The lowest BCUT2D eigenvalue weighted by Crippen LogP contribution is -2.14. The third-order valence-electron chi connectivity index (χ3n) is 4.17. The number of aliphatic hydroxyl groups excluding tert-OH is 1. The Kier molecular flexibility index (Phi) is 5.03. The zero-order valence-corrected chi connectivity index (χ0v) is 16.9. The van der Waals surface area contributed by atoms with Gasteiger partial charge >= 0.3 is 0 Å². The van der Waals surface area contributed by atoms with E-state index in [1.165, 1.54) is 18.3 Å². The molecule has 4 N–H and O–H groups in total. The van der Waals surface area contributed by atoms with Crippen LogP contribution in [0, 0.1) is 6.92 Å². The number of carbonyl (C=O) groups excluding carboxylic acids is 1. The summed E-state index contributed by atoms with van der Waals surface area (Å²) >= 11 is 1.26. The Labute approximate surface area is 184 Å². The fraction of sp³-hybridized carbons (Fsp3) is 0.304. The van der Waals surface area contributed by atoms with E-state index in [2.05, 4.69) is 10.3 Å². The second-order valence-corrected chi connectivity index (χ2v) is 7.49. The van der Waals surface area contributed by atoms with E-state index in [9.17, 15) is 9.90 Å². The van der Waals surface area contributed by atoms with Gasteiger partial charge in [0.1, 0.15) is 0 Å². The minimum absolute atomic E-state index is 0.00416. The number of nitrogens with one attached hydrogen (secondary N) is 1. The quantitative estimate of drug-likeness (QED) is 0.474. The van der Waals surface area contributed by atoms with Gasteiger partial charge in [0.05, 0.1) is 23.7 Å². The van der Waals surface area contributed by atoms with Crippen molar-refractivity contribution in [1.82, 2.24) is 4.98 Å². The monoisotopic (exact) mass is 415 g/mol. The molecule has 152 valence electrons. The zero-order valence-electron chi connectivity index (χ0n) is 22.1. The highest BCUT2D eigenvalue weighted by Crippen LogP contribution is 2.21. The van der Waals surface area contributed by atoms with E-state index in [-0.39, 0.29) is 66.9 Å². The van der Waals surface area contributed by atoms with Crippen LogP contribution in [0.25, 0.3) is 0 Å². The fourth-order valence-corrected chi connectivity index (χ4v) is 3.30. The van der Waals surface area contributed by atoms with Crippen molar-refractivity contribution in [2.75, 3.05) is 11.1 Å². The number of thiazole rings is 1. The van der Waals surface area contributed by atoms with Gasteiger partial charge in [0.2, 0.25) is 5.91 Å². The average Bonchev–Trinajstić information content (AvgIpc) is 3.21. The van der Waals surface area contributed by atoms with Crippen molar-refractivity contribution < 1.29 is 18.1 Å². The maximum Gasteiger partial charge on any atom is 0.230 e. The molecule has 1 aromatic heterocycles. The number of amides is 1. The smallest absolute Gasteiger partial charge is 0.230 e. The van der Waals surface area contributed by atoms with Crippen molar-refractivity contribution in [3.8, 4) is 0 Å². The molecule has 0 aliphatic rings. The summed E-state index contributed by atoms with van der Waals surface area (Å²) in [5, 5.41) is 15.4. The molecule has 3 aromatic rings. The van der Waals surface area contributed by atoms with Gasteiger partial charge in [-0.25, -0.2) is 4.98 Å². The lowest BCUT2D eigenvalue weighted by Gasteiger charge is -2.11. The summed E-state index contributed by atoms with van der Waals surface area (Å²) < 4.78 is 48.6. The van der Waals surface area contributed by atoms with Crippen LogP contribution in [0.3, 0.4) is 0 Å². The molecule has 1 atom stereocenters. The number of nitrogen functional groups attached to an aromatic ring is 1. The number of aliphatic hydroxyl groups is 1. The normalized spacial score (nSPS) is 15.4. The van der Waals surface area contributed by atoms with Crippen LogP contribution in [0.15, 0.2) is 53.8 Å². The van der Waals surface area contributed by atoms with Crippen LogP contribution in [0.1, 0.15) is 56.0 Å². The number of hydrogen-bond acceptors (Lipinski definition) is 5. The van der Waals surface area contributed by atoms with E-state index in [4.69, 9.17) is 14.0 Å². The molecule has 0 radical (unpaired) electrons. The molecule has 3 rings (SSSR count). The molecule has 0 saturated carbocycles. The van der Waals surface area contributed by atoms with Gasteiger partial charge < -0.3 is 16.2 Å². The number of nitrogens with two attached hydrogens (primary N) is 1. The third kappa shape index (κ3) is 6.69. The van der Waals surface area contributed by atoms with Crippen LogP contribution >= 0.6 is 11.3 Å². The molecule has 0 fully saturated rings. The second-order valence-electron chi connectivity index (χ2n) is 6.60. The van der Waals surface area contributed by atoms with E-state index >= 15 is 0 Å². The minimum Gasteiger partial charge on any atom is -0.388 e. The Morgan fingerprint density at radius 2 is 2.14 bits per heavy atom. The molecule has 0 aliphatic carbocycles. The first-order chi connectivity index (χ1) is 16.4. The van der Waals surface area contributed by atoms with Gasteiger partial charge in [-0.3, -0.25) is 4.79 Å². The highest BCUT2D eigenvalue weighted by Gasteiger charge is 2.08. The van der Waals surface area contributed by atoms with Crippen molar-refractivity contribution >= 4 is 28.1 Å². The van der Waals surface area contributed by atoms with Gasteiger partial charge in [0.25, 0.3) is 0 Å². The summed E-state index contributed by atoms with van der Waals surface area (Å²) in [5.74, 6) is -0.257. The highest BCUT2D eigenvalue weighted by atomic mass is 32.1. The topological polar surface area (TPSA) is 88.2 Å². The van der Waals surface area contributed by atoms with Crippen molar-refractivity contribution in [2.24, 2.45) is 0 Å². The molecule has 6 heteroatoms. The lowest BCUT2D eigenvalue weighted by molar-refractivity contribution is -0.115. The highest BCUT2D eigenvalue weighted by molar-refractivity contribution is 7.13. The molecular weight excluding hydrogens is 382 g/mol. The van der Waals surface area contributed by atoms with Crippen LogP contribution in [0.2, 0.25) is 0 Å². The molecule has 0 unspecified atom stereocenters. The molecule has 0 bridgehead atoms. The lowest BCUT2D eigenvalue weighted by atomic mass is 10.00. The maximum absolute atomic E-state index is 12.2. The van der Waals surface area contributed by atoms with Crippen LogP contribution < -0.4 is 11.1 Å². The summed E-state index contributed by atoms with van der Waals surface area (Å²) in [6.07, 6.45) is -2.33. The first-order valence-corrected chi connectivity index (χ1v) is 10.1. The van der Waals surface area contributed by atoms with E-state index in [0.29, 0.717) is 22.1 Å². The SMILES string of the molecule is [2H]c1c([2H])c(C)c([2H])c([C@@H](O)CCCC([2H])([2H])c2ccc(NC(=O)Cc3csc(N)n3)cc2)c1[2H]. The van der Waals surface area contributed by atoms with E-state index in [1.807, 2.05) is 0 Å². The summed E-state index contributed by atoms with van der Waals surface area (Å²) in [5.41, 5.74) is 7.34. The van der Waals surface area contributed by atoms with Gasteiger partial charge in [0.15, 0.2) is 5.13 Å². The first kappa shape index (κ1) is 14.3. The number of aryl methyl sites for hydroxylation is 1. The van der Waals surface area contributed by atoms with E-state index < -0.39 is 12.5 Å². The van der Waals surface area contributed by atoms with Gasteiger partial charge in [-0.1, -0.05) is 48.3 Å². The molecule has 5 nitrogen and oxygen atoms in total. The van der Waals surface area contributed by atoms with Gasteiger partial charge in [0, 0.05) is 13.8 Å². The molecule has 0 saturated heterocycles. The van der Waals surface area contributed by atoms with E-state index in [0.717, 1.165) is 0 Å². The van der Waals surface area contributed by atoms with Crippen molar-refractivity contribution in [3.63, 3.8) is 0 Å². The van der Waals surface area contributed by atoms with Crippen molar-refractivity contribution in [2.45, 2.75) is 45.1 Å². The summed E-state index contributed by atoms with van der Waals surface area (Å²) in [6.45, 7) is 1.51. The number of hydrogen-bond donors (Lipinski definition) is 3. The number of rotatable bonds is 9. The van der Waals surface area contributed by atoms with Gasteiger partial charge in [-0.2, -0.15) is 0 Å². The molecule has 29 heavy (non-hydrogen) atoms. The molecule has 0 aliphatic heterocycles. The zero-order chi connectivity index (χ0) is 25.9. The van der Waals surface area contributed by atoms with E-state index in [1.54, 1.807) is 29.6 Å². The second kappa shape index (κ2) is 10.2. The van der Waals surface area contributed by atoms with Crippen LogP contribution in [0.5, 0.6) is 0 Å². The maximum atomic E-state index is 12.2. The van der Waals surface area contributed by atoms with Crippen LogP contribution in [-0.4, -0.2) is 16.0 Å². The van der Waals surface area contributed by atoms with Gasteiger partial charge in [-0.05, 0) is 49.4 Å². The summed E-state index contributed by atoms with van der Waals surface area (Å²) in [6, 6.07) is 5.45. The van der Waals surface area contributed by atoms with Crippen LogP contribution in [-0.2, 0) is 17.6 Å². The molecule has 1 amide bonds. The standard InChI is InChI=1S/C23H27N3O2S/c1-16-5-4-7-18(13-16)21(27)8-3-2-6-17-9-11-19(12-10-17)25-22(28)14-20-15-29-23(24)26-20/h4-5,7,9-13,15,21,27H,2-3,6,8,14H2,1H3,(H2,24,26)(H,25,28)/t21-/m0/s1/i4D,5D,6D2,7D,13D. The predicted octanol–water partition coefficient (Wildman–Crippen LogP) is 4.66. The fourth-order valence-electron chi connectivity index (χ4n) is 2.74. The largest absolute Gasteiger partial charge is 0.388 e. The summed E-state index contributed by atoms with van der Waals surface area (Å²) in [4.78, 5) is 16.2. The van der Waals surface area contributed by atoms with Crippen LogP contribution in [0.4, 0.5) is 10.8 Å². The van der Waals surface area contributed by atoms with Crippen molar-refractivity contribution in [1.29, 1.82) is 0 Å². The average molecular weight is 416 g/mol. The first-order valence-electron chi connectivity index (χ1n) is 12.3. The molecule has 0 spiro atoms. The number of benzene rings is 2. The van der Waals surface area contributed by atoms with Crippen molar-refractivity contribution in [3.05, 3.63) is 76.2 Å². The number of anilines is 2. The predicted molar refractivity (Wildman–Crippen MR) is 119 cm³/mol. The molecular formula is C23H27N3O2S. The Bertz CT molecular complexity index is 1190. The Morgan fingerprint density at radius 3 is 2.86 bits per heavy atom. The van der Waals surface area contributed by atoms with Gasteiger partial charge in [-0.15, -0.1) is 11.3 Å². The Hall–Kier alpha value is -2.70. The Balaban J connectivity index is 1.58. The number of aromatic nitrogens is 1. The minimum atomic E-state index is -1.70. The number of carbonyl (C=O) groups is 1. The summed E-state index contributed by atoms with van der Waals surface area (Å²) in [7, 11) is 0. The molecule has 2 aromatic carbocycles. The molecule has 1 heterocycles. The third-order valence-corrected chi connectivity index (χ3v) is 4.89. The number of nitrogens with zero attached hydrogens (tertiary/aromatic N) is 1.